The second-order valence-corrected chi connectivity index (χ2v) is 6.58. The predicted molar refractivity (Wildman–Crippen MR) is 74.5 cm³/mol. The van der Waals surface area contributed by atoms with Crippen LogP contribution in [-0.2, 0) is 16.6 Å². The van der Waals surface area contributed by atoms with Crippen molar-refractivity contribution in [2.24, 2.45) is 0 Å². The molecule has 0 saturated heterocycles. The van der Waals surface area contributed by atoms with E-state index in [2.05, 4.69) is 20.7 Å². The summed E-state index contributed by atoms with van der Waals surface area (Å²) in [4.78, 5) is 0.0387. The van der Waals surface area contributed by atoms with Crippen molar-refractivity contribution in [2.75, 3.05) is 0 Å². The number of hydrogen-bond donors (Lipinski definition) is 1. The summed E-state index contributed by atoms with van der Waals surface area (Å²) in [6.07, 6.45) is 0. The molecule has 0 radical (unpaired) electrons. The van der Waals surface area contributed by atoms with Gasteiger partial charge in [-0.3, -0.25) is 0 Å². The molecule has 106 valence electrons. The maximum absolute atomic E-state index is 13.4. The topological polar surface area (TPSA) is 46.2 Å². The zero-order chi connectivity index (χ0) is 14.8. The summed E-state index contributed by atoms with van der Waals surface area (Å²) in [7, 11) is -3.80. The molecule has 0 heterocycles. The molecule has 2 rings (SSSR count). The molecule has 0 saturated carbocycles. The average Bonchev–Trinajstić information content (AvgIpc) is 2.40. The van der Waals surface area contributed by atoms with E-state index in [1.165, 1.54) is 6.07 Å². The third kappa shape index (κ3) is 3.41. The Morgan fingerprint density at radius 3 is 2.50 bits per heavy atom. The summed E-state index contributed by atoms with van der Waals surface area (Å²) in [5.41, 5.74) is -0.0550. The zero-order valence-electron chi connectivity index (χ0n) is 10.1. The summed E-state index contributed by atoms with van der Waals surface area (Å²) in [5, 5.41) is 0. The van der Waals surface area contributed by atoms with Crippen molar-refractivity contribution in [3.05, 3.63) is 64.1 Å². The molecular formula is C13H10BrF2NO2S. The van der Waals surface area contributed by atoms with Crippen LogP contribution in [0.25, 0.3) is 0 Å². The molecule has 0 bridgehead atoms. The number of benzene rings is 2. The molecule has 7 heteroatoms. The quantitative estimate of drug-likeness (QED) is 0.908. The van der Waals surface area contributed by atoms with E-state index in [1.54, 1.807) is 18.2 Å². The molecule has 3 nitrogen and oxygen atoms in total. The molecule has 1 N–H and O–H groups in total. The Morgan fingerprint density at radius 2 is 1.80 bits per heavy atom. The standard InChI is InChI=1S/C13H10BrF2NO2S/c14-11-3-1-2-4-13(11)20(18,19)17-8-9-7-10(15)5-6-12(9)16/h1-7,17H,8H2. The minimum Gasteiger partial charge on any atom is -0.207 e. The Hall–Kier alpha value is -1.31. The SMILES string of the molecule is O=S(=O)(NCc1cc(F)ccc1F)c1ccccc1Br. The zero-order valence-corrected chi connectivity index (χ0v) is 12.5. The van der Waals surface area contributed by atoms with Crippen LogP contribution in [0.3, 0.4) is 0 Å². The van der Waals surface area contributed by atoms with Gasteiger partial charge >= 0.3 is 0 Å². The lowest BCUT2D eigenvalue weighted by atomic mass is 10.2. The largest absolute Gasteiger partial charge is 0.241 e. The molecule has 0 amide bonds. The summed E-state index contributed by atoms with van der Waals surface area (Å²) < 4.78 is 53.2. The minimum atomic E-state index is -3.80. The van der Waals surface area contributed by atoms with Crippen molar-refractivity contribution < 1.29 is 17.2 Å². The Labute approximate surface area is 123 Å². The van der Waals surface area contributed by atoms with Gasteiger partial charge in [0, 0.05) is 16.6 Å². The van der Waals surface area contributed by atoms with Crippen molar-refractivity contribution in [1.82, 2.24) is 4.72 Å². The van der Waals surface area contributed by atoms with E-state index in [0.29, 0.717) is 4.47 Å². The normalized spacial score (nSPS) is 11.6. The van der Waals surface area contributed by atoms with Gasteiger partial charge in [0.15, 0.2) is 0 Å². The molecule has 0 aliphatic rings. The fourth-order valence-electron chi connectivity index (χ4n) is 1.59. The van der Waals surface area contributed by atoms with Gasteiger partial charge in [0.2, 0.25) is 10.0 Å². The van der Waals surface area contributed by atoms with Crippen molar-refractivity contribution >= 4 is 26.0 Å². The lowest BCUT2D eigenvalue weighted by Gasteiger charge is -2.09. The smallest absolute Gasteiger partial charge is 0.207 e. The van der Waals surface area contributed by atoms with E-state index in [1.807, 2.05) is 0 Å². The molecule has 2 aromatic rings. The molecule has 0 aromatic heterocycles. The van der Waals surface area contributed by atoms with Crippen LogP contribution in [0.2, 0.25) is 0 Å². The lowest BCUT2D eigenvalue weighted by molar-refractivity contribution is 0.566. The van der Waals surface area contributed by atoms with E-state index in [0.717, 1.165) is 18.2 Å². The highest BCUT2D eigenvalue weighted by Crippen LogP contribution is 2.21. The van der Waals surface area contributed by atoms with Gasteiger partial charge in [0.25, 0.3) is 0 Å². The highest BCUT2D eigenvalue weighted by Gasteiger charge is 2.17. The van der Waals surface area contributed by atoms with Crippen LogP contribution < -0.4 is 4.72 Å². The Morgan fingerprint density at radius 1 is 1.10 bits per heavy atom. The number of halogens is 3. The van der Waals surface area contributed by atoms with Crippen LogP contribution in [-0.4, -0.2) is 8.42 Å². The Kier molecular flexibility index (Phi) is 4.52. The second-order valence-electron chi connectivity index (χ2n) is 3.99. The number of sulfonamides is 1. The van der Waals surface area contributed by atoms with Gasteiger partial charge in [0.1, 0.15) is 11.6 Å². The van der Waals surface area contributed by atoms with Crippen molar-refractivity contribution in [2.45, 2.75) is 11.4 Å². The van der Waals surface area contributed by atoms with Crippen LogP contribution in [0.4, 0.5) is 8.78 Å². The Bertz CT molecular complexity index is 735. The minimum absolute atomic E-state index is 0.0387. The molecule has 0 spiro atoms. The van der Waals surface area contributed by atoms with Gasteiger partial charge in [-0.1, -0.05) is 12.1 Å². The first-order valence-electron chi connectivity index (χ1n) is 5.58. The molecule has 20 heavy (non-hydrogen) atoms. The lowest BCUT2D eigenvalue weighted by Crippen LogP contribution is -2.24. The fourth-order valence-corrected chi connectivity index (χ4v) is 3.60. The van der Waals surface area contributed by atoms with Gasteiger partial charge in [-0.2, -0.15) is 0 Å². The molecule has 0 unspecified atom stereocenters. The van der Waals surface area contributed by atoms with E-state index in [9.17, 15) is 17.2 Å². The monoisotopic (exact) mass is 361 g/mol. The van der Waals surface area contributed by atoms with Gasteiger partial charge in [0.05, 0.1) is 4.90 Å². The van der Waals surface area contributed by atoms with Gasteiger partial charge in [-0.25, -0.2) is 21.9 Å². The highest BCUT2D eigenvalue weighted by atomic mass is 79.9. The molecule has 0 fully saturated rings. The molecular weight excluding hydrogens is 352 g/mol. The summed E-state index contributed by atoms with van der Waals surface area (Å²) in [6.45, 7) is -0.326. The first-order chi connectivity index (χ1) is 9.40. The number of hydrogen-bond acceptors (Lipinski definition) is 2. The van der Waals surface area contributed by atoms with Gasteiger partial charge in [-0.15, -0.1) is 0 Å². The van der Waals surface area contributed by atoms with E-state index in [4.69, 9.17) is 0 Å². The molecule has 2 aromatic carbocycles. The van der Waals surface area contributed by atoms with Crippen LogP contribution in [0, 0.1) is 11.6 Å². The van der Waals surface area contributed by atoms with E-state index >= 15 is 0 Å². The first kappa shape index (κ1) is 15.1. The third-order valence-corrected chi connectivity index (χ3v) is 5.00. The highest BCUT2D eigenvalue weighted by molar-refractivity contribution is 9.10. The molecule has 0 aliphatic carbocycles. The van der Waals surface area contributed by atoms with Crippen LogP contribution in [0.1, 0.15) is 5.56 Å². The summed E-state index contributed by atoms with van der Waals surface area (Å²) in [6, 6.07) is 9.12. The fraction of sp³-hybridized carbons (Fsp3) is 0.0769. The first-order valence-corrected chi connectivity index (χ1v) is 7.86. The molecule has 0 atom stereocenters. The van der Waals surface area contributed by atoms with Crippen LogP contribution in [0.15, 0.2) is 51.8 Å². The number of nitrogens with one attached hydrogen (secondary N) is 1. The van der Waals surface area contributed by atoms with Crippen LogP contribution in [0.5, 0.6) is 0 Å². The van der Waals surface area contributed by atoms with Gasteiger partial charge in [-0.05, 0) is 46.3 Å². The van der Waals surface area contributed by atoms with E-state index in [-0.39, 0.29) is 17.0 Å². The van der Waals surface area contributed by atoms with Crippen molar-refractivity contribution in [3.8, 4) is 0 Å². The third-order valence-electron chi connectivity index (χ3n) is 2.59. The maximum Gasteiger partial charge on any atom is 0.241 e. The van der Waals surface area contributed by atoms with Crippen molar-refractivity contribution in [1.29, 1.82) is 0 Å². The molecule has 0 aliphatic heterocycles. The Balaban J connectivity index is 2.22. The maximum atomic E-state index is 13.4. The van der Waals surface area contributed by atoms with E-state index < -0.39 is 21.7 Å². The van der Waals surface area contributed by atoms with Gasteiger partial charge < -0.3 is 0 Å². The number of rotatable bonds is 4. The second kappa shape index (κ2) is 5.99. The average molecular weight is 362 g/mol. The predicted octanol–water partition coefficient (Wildman–Crippen LogP) is 3.21. The summed E-state index contributed by atoms with van der Waals surface area (Å²) in [5.74, 6) is -1.29. The summed E-state index contributed by atoms with van der Waals surface area (Å²) >= 11 is 3.13. The van der Waals surface area contributed by atoms with Crippen LogP contribution >= 0.6 is 15.9 Å². The van der Waals surface area contributed by atoms with Crippen molar-refractivity contribution in [3.63, 3.8) is 0 Å².